The highest BCUT2D eigenvalue weighted by Crippen LogP contribution is 2.35. The molecule has 3 heteroatoms. The monoisotopic (exact) mass is 488 g/mol. The number of nitrogens with one attached hydrogen (secondary N) is 2. The van der Waals surface area contributed by atoms with Gasteiger partial charge < -0.3 is 15.4 Å². The van der Waals surface area contributed by atoms with Crippen LogP contribution in [0.4, 0.5) is 0 Å². The van der Waals surface area contributed by atoms with Crippen molar-refractivity contribution in [1.82, 2.24) is 10.6 Å². The van der Waals surface area contributed by atoms with E-state index in [2.05, 4.69) is 107 Å². The minimum absolute atomic E-state index is 0.142. The van der Waals surface area contributed by atoms with Gasteiger partial charge in [0.05, 0.1) is 0 Å². The third-order valence-corrected chi connectivity index (χ3v) is 8.08. The van der Waals surface area contributed by atoms with Crippen LogP contribution in [0.25, 0.3) is 0 Å². The molecule has 1 aliphatic carbocycles. The van der Waals surface area contributed by atoms with Crippen molar-refractivity contribution in [2.45, 2.75) is 115 Å². The van der Waals surface area contributed by atoms with Crippen LogP contribution in [0.3, 0.4) is 0 Å². The molecule has 1 saturated heterocycles. The van der Waals surface area contributed by atoms with Gasteiger partial charge in [0.2, 0.25) is 0 Å². The molecule has 2 aromatic rings. The SMILES string of the molecule is C=C(NC1CCCCC1)O[C@H]1CN[C@@H](C(c2ccc(C(C)(C)C)cc2)c2ccc(C(C)(C)C)cc2)C1. The molecule has 36 heavy (non-hydrogen) atoms. The van der Waals surface area contributed by atoms with Crippen LogP contribution < -0.4 is 10.6 Å². The second-order valence-electron chi connectivity index (χ2n) is 13.1. The highest BCUT2D eigenvalue weighted by Gasteiger charge is 2.34. The third-order valence-electron chi connectivity index (χ3n) is 8.08. The van der Waals surface area contributed by atoms with Gasteiger partial charge in [0.25, 0.3) is 0 Å². The highest BCUT2D eigenvalue weighted by molar-refractivity contribution is 5.39. The lowest BCUT2D eigenvalue weighted by molar-refractivity contribution is 0.108. The van der Waals surface area contributed by atoms with Gasteiger partial charge in [0.1, 0.15) is 6.10 Å². The van der Waals surface area contributed by atoms with Crippen LogP contribution in [0.2, 0.25) is 0 Å². The number of ether oxygens (including phenoxy) is 1. The first kappa shape index (κ1) is 26.8. The summed E-state index contributed by atoms with van der Waals surface area (Å²) in [6, 6.07) is 19.4. The molecule has 1 aliphatic heterocycles. The average molecular weight is 489 g/mol. The van der Waals surface area contributed by atoms with Crippen LogP contribution in [-0.4, -0.2) is 24.7 Å². The quantitative estimate of drug-likeness (QED) is 0.395. The van der Waals surface area contributed by atoms with E-state index in [9.17, 15) is 0 Å². The molecular formula is C33H48N2O. The van der Waals surface area contributed by atoms with Crippen LogP contribution >= 0.6 is 0 Å². The minimum Gasteiger partial charge on any atom is -0.475 e. The first-order chi connectivity index (χ1) is 17.0. The molecule has 0 spiro atoms. The van der Waals surface area contributed by atoms with Crippen molar-refractivity contribution >= 4 is 0 Å². The highest BCUT2D eigenvalue weighted by atomic mass is 16.5. The normalized spacial score (nSPS) is 21.5. The first-order valence-electron chi connectivity index (χ1n) is 14.1. The van der Waals surface area contributed by atoms with E-state index in [4.69, 9.17) is 4.74 Å². The lowest BCUT2D eigenvalue weighted by atomic mass is 9.80. The van der Waals surface area contributed by atoms with E-state index in [-0.39, 0.29) is 22.9 Å². The van der Waals surface area contributed by atoms with Gasteiger partial charge in [0.15, 0.2) is 5.88 Å². The number of rotatable bonds is 7. The number of hydrogen-bond acceptors (Lipinski definition) is 3. The van der Waals surface area contributed by atoms with Crippen LogP contribution in [0, 0.1) is 0 Å². The summed E-state index contributed by atoms with van der Waals surface area (Å²) in [6.07, 6.45) is 7.54. The molecule has 3 nitrogen and oxygen atoms in total. The second kappa shape index (κ2) is 11.0. The Morgan fingerprint density at radius 3 is 1.81 bits per heavy atom. The maximum absolute atomic E-state index is 6.33. The molecule has 0 aromatic heterocycles. The van der Waals surface area contributed by atoms with Gasteiger partial charge in [-0.05, 0) is 52.5 Å². The van der Waals surface area contributed by atoms with Crippen LogP contribution in [0.1, 0.15) is 108 Å². The van der Waals surface area contributed by atoms with E-state index in [1.54, 1.807) is 0 Å². The summed E-state index contributed by atoms with van der Waals surface area (Å²) in [4.78, 5) is 0. The molecule has 0 bridgehead atoms. The molecule has 2 N–H and O–H groups in total. The standard InChI is InChI=1S/C33H48N2O/c1-23(35-28-11-9-8-10-12-28)36-29-21-30(34-22-29)31(24-13-17-26(18-14-24)32(2,3)4)25-15-19-27(20-16-25)33(5,6)7/h13-20,28-31,34-35H,1,8-12,21-22H2,2-7H3/t29-,30-/m1/s1. The Labute approximate surface area is 220 Å². The molecule has 2 fully saturated rings. The zero-order chi connectivity index (χ0) is 25.9. The largest absolute Gasteiger partial charge is 0.475 e. The molecule has 2 aliphatic rings. The molecule has 4 rings (SSSR count). The molecule has 0 radical (unpaired) electrons. The van der Waals surface area contributed by atoms with Gasteiger partial charge in [-0.25, -0.2) is 0 Å². The predicted octanol–water partition coefficient (Wildman–Crippen LogP) is 7.55. The summed E-state index contributed by atoms with van der Waals surface area (Å²) < 4.78 is 6.33. The fraction of sp³-hybridized carbons (Fsp3) is 0.576. The summed E-state index contributed by atoms with van der Waals surface area (Å²) in [5, 5.41) is 7.36. The Morgan fingerprint density at radius 2 is 1.33 bits per heavy atom. The summed E-state index contributed by atoms with van der Waals surface area (Å²) >= 11 is 0. The van der Waals surface area contributed by atoms with Crippen molar-refractivity contribution in [3.63, 3.8) is 0 Å². The maximum atomic E-state index is 6.33. The smallest absolute Gasteiger partial charge is 0.179 e. The molecule has 0 unspecified atom stereocenters. The zero-order valence-corrected chi connectivity index (χ0v) is 23.5. The minimum atomic E-state index is 0.142. The van der Waals surface area contributed by atoms with Crippen LogP contribution in [0.5, 0.6) is 0 Å². The van der Waals surface area contributed by atoms with Gasteiger partial charge in [-0.1, -0.05) is 109 Å². The molecular weight excluding hydrogens is 440 g/mol. The molecule has 196 valence electrons. The summed E-state index contributed by atoms with van der Waals surface area (Å²) in [5.41, 5.74) is 5.78. The van der Waals surface area contributed by atoms with E-state index in [0.29, 0.717) is 12.1 Å². The van der Waals surface area contributed by atoms with Gasteiger partial charge in [-0.3, -0.25) is 0 Å². The molecule has 2 aromatic carbocycles. The second-order valence-corrected chi connectivity index (χ2v) is 13.1. The Kier molecular flexibility index (Phi) is 8.19. The Hall–Kier alpha value is -2.26. The molecule has 2 atom stereocenters. The van der Waals surface area contributed by atoms with E-state index in [0.717, 1.165) is 18.8 Å². The topological polar surface area (TPSA) is 33.3 Å². The lowest BCUT2D eigenvalue weighted by Crippen LogP contribution is -2.32. The third kappa shape index (κ3) is 6.73. The molecule has 1 saturated carbocycles. The fourth-order valence-corrected chi connectivity index (χ4v) is 5.82. The average Bonchev–Trinajstić information content (AvgIpc) is 3.27. The van der Waals surface area contributed by atoms with Crippen molar-refractivity contribution in [2.24, 2.45) is 0 Å². The summed E-state index contributed by atoms with van der Waals surface area (Å²) in [7, 11) is 0. The Morgan fingerprint density at radius 1 is 0.833 bits per heavy atom. The van der Waals surface area contributed by atoms with Crippen molar-refractivity contribution in [3.05, 3.63) is 83.2 Å². The number of hydrogen-bond donors (Lipinski definition) is 2. The van der Waals surface area contributed by atoms with Crippen LogP contribution in [-0.2, 0) is 15.6 Å². The zero-order valence-electron chi connectivity index (χ0n) is 23.5. The van der Waals surface area contributed by atoms with Crippen molar-refractivity contribution < 1.29 is 4.74 Å². The number of benzene rings is 2. The molecule has 1 heterocycles. The fourth-order valence-electron chi connectivity index (χ4n) is 5.82. The summed E-state index contributed by atoms with van der Waals surface area (Å²) in [5.74, 6) is 1.02. The van der Waals surface area contributed by atoms with Gasteiger partial charge in [-0.2, -0.15) is 0 Å². The van der Waals surface area contributed by atoms with E-state index in [1.165, 1.54) is 54.4 Å². The van der Waals surface area contributed by atoms with Gasteiger partial charge in [0, 0.05) is 31.0 Å². The summed E-state index contributed by atoms with van der Waals surface area (Å²) in [6.45, 7) is 18.7. The van der Waals surface area contributed by atoms with Crippen molar-refractivity contribution in [1.29, 1.82) is 0 Å². The molecule has 0 amide bonds. The van der Waals surface area contributed by atoms with Gasteiger partial charge in [-0.15, -0.1) is 0 Å². The van der Waals surface area contributed by atoms with E-state index < -0.39 is 0 Å². The van der Waals surface area contributed by atoms with E-state index >= 15 is 0 Å². The lowest BCUT2D eigenvalue weighted by Gasteiger charge is -2.28. The van der Waals surface area contributed by atoms with Gasteiger partial charge >= 0.3 is 0 Å². The maximum Gasteiger partial charge on any atom is 0.179 e. The van der Waals surface area contributed by atoms with E-state index in [1.807, 2.05) is 0 Å². The first-order valence-corrected chi connectivity index (χ1v) is 14.1. The Bertz CT molecular complexity index is 930. The Balaban J connectivity index is 1.51. The van der Waals surface area contributed by atoms with Crippen molar-refractivity contribution in [3.8, 4) is 0 Å². The van der Waals surface area contributed by atoms with Crippen molar-refractivity contribution in [2.75, 3.05) is 6.54 Å². The van der Waals surface area contributed by atoms with Crippen LogP contribution in [0.15, 0.2) is 61.0 Å². The predicted molar refractivity (Wildman–Crippen MR) is 153 cm³/mol.